The van der Waals surface area contributed by atoms with Crippen LogP contribution in [0.1, 0.15) is 44.9 Å². The molecular weight excluding hydrogens is 154 g/mol. The molecule has 2 N–H and O–H groups in total. The quantitative estimate of drug-likeness (QED) is 0.467. The van der Waals surface area contributed by atoms with Crippen LogP contribution in [0, 0.1) is 5.92 Å². The zero-order chi connectivity index (χ0) is 8.81. The average molecular weight is 171 g/mol. The van der Waals surface area contributed by atoms with Crippen molar-refractivity contribution in [1.82, 2.24) is 5.48 Å². The second kappa shape index (κ2) is 5.14. The van der Waals surface area contributed by atoms with Crippen molar-refractivity contribution in [2.24, 2.45) is 5.92 Å². The molecule has 1 amide bonds. The third-order valence-corrected chi connectivity index (χ3v) is 2.59. The summed E-state index contributed by atoms with van der Waals surface area (Å²) in [5.41, 5.74) is 1.74. The molecule has 3 nitrogen and oxygen atoms in total. The van der Waals surface area contributed by atoms with Gasteiger partial charge in [0.2, 0.25) is 5.91 Å². The molecule has 0 bridgehead atoms. The fourth-order valence-corrected chi connectivity index (χ4v) is 1.81. The van der Waals surface area contributed by atoms with Crippen molar-refractivity contribution >= 4 is 5.91 Å². The van der Waals surface area contributed by atoms with Gasteiger partial charge < -0.3 is 0 Å². The summed E-state index contributed by atoms with van der Waals surface area (Å²) >= 11 is 0. The summed E-state index contributed by atoms with van der Waals surface area (Å²) in [4.78, 5) is 11.1. The van der Waals surface area contributed by atoms with Gasteiger partial charge in [0.15, 0.2) is 0 Å². The van der Waals surface area contributed by atoms with Crippen LogP contribution >= 0.6 is 0 Å². The Labute approximate surface area is 73.1 Å². The molecule has 1 fully saturated rings. The summed E-state index contributed by atoms with van der Waals surface area (Å²) in [5.74, 6) is -0.146. The maximum absolute atomic E-state index is 11.1. The lowest BCUT2D eigenvalue weighted by molar-refractivity contribution is -0.134. The molecule has 0 unspecified atom stereocenters. The number of hydrogen-bond acceptors (Lipinski definition) is 2. The highest BCUT2D eigenvalue weighted by Gasteiger charge is 2.18. The van der Waals surface area contributed by atoms with Crippen molar-refractivity contribution in [2.75, 3.05) is 0 Å². The molecule has 0 radical (unpaired) electrons. The van der Waals surface area contributed by atoms with Gasteiger partial charge in [-0.15, -0.1) is 0 Å². The predicted octanol–water partition coefficient (Wildman–Crippen LogP) is 1.85. The first-order valence-electron chi connectivity index (χ1n) is 4.78. The van der Waals surface area contributed by atoms with Gasteiger partial charge in [0.1, 0.15) is 0 Å². The van der Waals surface area contributed by atoms with E-state index < -0.39 is 0 Å². The average Bonchev–Trinajstić information content (AvgIpc) is 2.02. The molecule has 70 valence electrons. The largest absolute Gasteiger partial charge is 0.289 e. The third-order valence-electron chi connectivity index (χ3n) is 2.59. The van der Waals surface area contributed by atoms with Crippen molar-refractivity contribution in [3.05, 3.63) is 0 Å². The van der Waals surface area contributed by atoms with Crippen molar-refractivity contribution in [2.45, 2.75) is 44.9 Å². The highest BCUT2D eigenvalue weighted by molar-refractivity contribution is 5.77. The lowest BCUT2D eigenvalue weighted by Gasteiger charge is -2.16. The fourth-order valence-electron chi connectivity index (χ4n) is 1.81. The second-order valence-corrected chi connectivity index (χ2v) is 3.52. The molecule has 1 aliphatic rings. The van der Waals surface area contributed by atoms with Gasteiger partial charge >= 0.3 is 0 Å². The first-order chi connectivity index (χ1) is 5.84. The Morgan fingerprint density at radius 1 is 1.08 bits per heavy atom. The minimum Gasteiger partial charge on any atom is -0.289 e. The Bertz CT molecular complexity index is 139. The van der Waals surface area contributed by atoms with Crippen LogP contribution in [0.15, 0.2) is 0 Å². The van der Waals surface area contributed by atoms with Crippen LogP contribution in [0.25, 0.3) is 0 Å². The molecule has 0 aromatic rings. The molecule has 1 rings (SSSR count). The van der Waals surface area contributed by atoms with E-state index in [0.717, 1.165) is 25.7 Å². The van der Waals surface area contributed by atoms with Crippen LogP contribution < -0.4 is 5.48 Å². The monoisotopic (exact) mass is 171 g/mol. The van der Waals surface area contributed by atoms with Crippen LogP contribution in [0.2, 0.25) is 0 Å². The van der Waals surface area contributed by atoms with E-state index in [1.54, 1.807) is 5.48 Å². The Morgan fingerprint density at radius 3 is 2.08 bits per heavy atom. The zero-order valence-electron chi connectivity index (χ0n) is 7.38. The van der Waals surface area contributed by atoms with Gasteiger partial charge in [-0.1, -0.05) is 32.1 Å². The second-order valence-electron chi connectivity index (χ2n) is 3.52. The van der Waals surface area contributed by atoms with Gasteiger partial charge in [-0.25, -0.2) is 5.48 Å². The van der Waals surface area contributed by atoms with Crippen LogP contribution in [-0.4, -0.2) is 11.1 Å². The van der Waals surface area contributed by atoms with E-state index in [1.165, 1.54) is 19.3 Å². The third kappa shape index (κ3) is 2.81. The SMILES string of the molecule is O=C(NO)C1CCCCCCC1. The predicted molar refractivity (Wildman–Crippen MR) is 45.7 cm³/mol. The minimum atomic E-state index is -0.197. The molecule has 0 aromatic heterocycles. The van der Waals surface area contributed by atoms with Gasteiger partial charge in [0.05, 0.1) is 0 Å². The Morgan fingerprint density at radius 2 is 1.58 bits per heavy atom. The normalized spacial score (nSPS) is 21.1. The number of hydrogen-bond donors (Lipinski definition) is 2. The molecular formula is C9H17NO2. The number of nitrogens with one attached hydrogen (secondary N) is 1. The van der Waals surface area contributed by atoms with Gasteiger partial charge in [0.25, 0.3) is 0 Å². The molecule has 0 heterocycles. The molecule has 3 heteroatoms. The lowest BCUT2D eigenvalue weighted by atomic mass is 9.91. The summed E-state index contributed by atoms with van der Waals surface area (Å²) < 4.78 is 0. The summed E-state index contributed by atoms with van der Waals surface area (Å²) in [5, 5.41) is 8.45. The standard InChI is InChI=1S/C9H17NO2/c11-9(10-12)8-6-4-2-1-3-5-7-8/h8,12H,1-7H2,(H,10,11). The summed E-state index contributed by atoms with van der Waals surface area (Å²) in [6.07, 6.45) is 7.88. The van der Waals surface area contributed by atoms with Gasteiger partial charge in [-0.05, 0) is 12.8 Å². The van der Waals surface area contributed by atoms with E-state index in [-0.39, 0.29) is 11.8 Å². The van der Waals surface area contributed by atoms with E-state index in [1.807, 2.05) is 0 Å². The number of amides is 1. The van der Waals surface area contributed by atoms with Crippen LogP contribution in [0.4, 0.5) is 0 Å². The number of rotatable bonds is 1. The van der Waals surface area contributed by atoms with Gasteiger partial charge in [0, 0.05) is 5.92 Å². The molecule has 0 aliphatic heterocycles. The van der Waals surface area contributed by atoms with E-state index in [2.05, 4.69) is 0 Å². The highest BCUT2D eigenvalue weighted by Crippen LogP contribution is 2.21. The molecule has 0 spiro atoms. The van der Waals surface area contributed by atoms with Crippen molar-refractivity contribution in [3.63, 3.8) is 0 Å². The molecule has 1 aliphatic carbocycles. The summed E-state index contributed by atoms with van der Waals surface area (Å²) in [7, 11) is 0. The number of carbonyl (C=O) groups excluding carboxylic acids is 1. The fraction of sp³-hybridized carbons (Fsp3) is 0.889. The van der Waals surface area contributed by atoms with E-state index >= 15 is 0 Å². The molecule has 1 saturated carbocycles. The summed E-state index contributed by atoms with van der Waals surface area (Å²) in [6.45, 7) is 0. The number of hydroxylamine groups is 1. The van der Waals surface area contributed by atoms with Crippen LogP contribution in [0.3, 0.4) is 0 Å². The van der Waals surface area contributed by atoms with Gasteiger partial charge in [-0.3, -0.25) is 10.0 Å². The smallest absolute Gasteiger partial charge is 0.246 e. The first-order valence-corrected chi connectivity index (χ1v) is 4.78. The van der Waals surface area contributed by atoms with E-state index in [0.29, 0.717) is 0 Å². The maximum atomic E-state index is 11.1. The zero-order valence-corrected chi connectivity index (χ0v) is 7.38. The van der Waals surface area contributed by atoms with Crippen LogP contribution in [-0.2, 0) is 4.79 Å². The van der Waals surface area contributed by atoms with Gasteiger partial charge in [-0.2, -0.15) is 0 Å². The summed E-state index contributed by atoms with van der Waals surface area (Å²) in [6, 6.07) is 0. The molecule has 0 aromatic carbocycles. The number of carbonyl (C=O) groups is 1. The van der Waals surface area contributed by atoms with E-state index in [4.69, 9.17) is 5.21 Å². The first kappa shape index (κ1) is 9.52. The lowest BCUT2D eigenvalue weighted by Crippen LogP contribution is -2.28. The van der Waals surface area contributed by atoms with E-state index in [9.17, 15) is 4.79 Å². The topological polar surface area (TPSA) is 49.3 Å². The highest BCUT2D eigenvalue weighted by atomic mass is 16.5. The van der Waals surface area contributed by atoms with Crippen molar-refractivity contribution < 1.29 is 10.0 Å². The molecule has 0 saturated heterocycles. The molecule has 0 atom stereocenters. The van der Waals surface area contributed by atoms with Crippen molar-refractivity contribution in [1.29, 1.82) is 0 Å². The van der Waals surface area contributed by atoms with Crippen molar-refractivity contribution in [3.8, 4) is 0 Å². The van der Waals surface area contributed by atoms with Crippen LogP contribution in [0.5, 0.6) is 0 Å². The Balaban J connectivity index is 2.34. The maximum Gasteiger partial charge on any atom is 0.246 e. The minimum absolute atomic E-state index is 0.0512. The Hall–Kier alpha value is -0.570. The Kier molecular flexibility index (Phi) is 4.08. The molecule has 12 heavy (non-hydrogen) atoms.